The standard InChI is InChI=1S/C21H16F3NO2/c1-13(21(26)25-18-12-11-17(22)19(23)20(18)24)27-16-9-7-15(8-10-16)14-5-3-2-4-6-14/h2-13H,1H3,(H,25,26). The molecule has 1 amide bonds. The Kier molecular flexibility index (Phi) is 5.45. The highest BCUT2D eigenvalue weighted by molar-refractivity contribution is 5.94. The van der Waals surface area contributed by atoms with Crippen molar-refractivity contribution >= 4 is 11.6 Å². The van der Waals surface area contributed by atoms with Gasteiger partial charge in [-0.15, -0.1) is 0 Å². The summed E-state index contributed by atoms with van der Waals surface area (Å²) >= 11 is 0. The van der Waals surface area contributed by atoms with Crippen molar-refractivity contribution in [3.05, 3.63) is 84.2 Å². The molecule has 0 aromatic heterocycles. The minimum atomic E-state index is -1.64. The zero-order chi connectivity index (χ0) is 19.4. The number of carbonyl (C=O) groups is 1. The minimum Gasteiger partial charge on any atom is -0.481 e. The number of amides is 1. The summed E-state index contributed by atoms with van der Waals surface area (Å²) in [6.45, 7) is 1.47. The monoisotopic (exact) mass is 371 g/mol. The third-order valence-corrected chi connectivity index (χ3v) is 3.94. The number of hydrogen-bond acceptors (Lipinski definition) is 2. The zero-order valence-electron chi connectivity index (χ0n) is 14.4. The molecular formula is C21H16F3NO2. The summed E-state index contributed by atoms with van der Waals surface area (Å²) in [5.74, 6) is -4.66. The molecule has 0 saturated carbocycles. The number of anilines is 1. The molecule has 1 atom stereocenters. The minimum absolute atomic E-state index is 0.447. The summed E-state index contributed by atoms with van der Waals surface area (Å²) in [6, 6.07) is 18.6. The first-order chi connectivity index (χ1) is 13.0. The van der Waals surface area contributed by atoms with Gasteiger partial charge in [-0.05, 0) is 42.3 Å². The maximum absolute atomic E-state index is 13.6. The molecule has 3 aromatic carbocycles. The number of halogens is 3. The van der Waals surface area contributed by atoms with E-state index in [4.69, 9.17) is 4.74 Å². The van der Waals surface area contributed by atoms with E-state index >= 15 is 0 Å². The molecule has 0 aliphatic carbocycles. The van der Waals surface area contributed by atoms with E-state index in [1.165, 1.54) is 6.92 Å². The molecule has 0 aliphatic rings. The van der Waals surface area contributed by atoms with Gasteiger partial charge in [-0.3, -0.25) is 4.79 Å². The highest BCUT2D eigenvalue weighted by Crippen LogP contribution is 2.23. The van der Waals surface area contributed by atoms with Crippen LogP contribution in [0.5, 0.6) is 5.75 Å². The third kappa shape index (κ3) is 4.28. The number of hydrogen-bond donors (Lipinski definition) is 1. The SMILES string of the molecule is CC(Oc1ccc(-c2ccccc2)cc1)C(=O)Nc1ccc(F)c(F)c1F. The van der Waals surface area contributed by atoms with Crippen LogP contribution in [0, 0.1) is 17.5 Å². The third-order valence-electron chi connectivity index (χ3n) is 3.94. The summed E-state index contributed by atoms with van der Waals surface area (Å²) in [5.41, 5.74) is 1.58. The quantitative estimate of drug-likeness (QED) is 0.628. The molecule has 138 valence electrons. The topological polar surface area (TPSA) is 38.3 Å². The predicted octanol–water partition coefficient (Wildman–Crippen LogP) is 5.18. The van der Waals surface area contributed by atoms with Crippen LogP contribution in [-0.4, -0.2) is 12.0 Å². The lowest BCUT2D eigenvalue weighted by Gasteiger charge is -2.15. The molecule has 27 heavy (non-hydrogen) atoms. The number of ether oxygens (including phenoxy) is 1. The molecule has 1 N–H and O–H groups in total. The average Bonchev–Trinajstić information content (AvgIpc) is 2.69. The van der Waals surface area contributed by atoms with Crippen LogP contribution in [0.4, 0.5) is 18.9 Å². The van der Waals surface area contributed by atoms with Gasteiger partial charge in [-0.1, -0.05) is 42.5 Å². The van der Waals surface area contributed by atoms with E-state index in [9.17, 15) is 18.0 Å². The Bertz CT molecular complexity index is 944. The van der Waals surface area contributed by atoms with Gasteiger partial charge in [0.2, 0.25) is 0 Å². The van der Waals surface area contributed by atoms with Crippen LogP contribution in [0.15, 0.2) is 66.7 Å². The van der Waals surface area contributed by atoms with Gasteiger partial charge in [0.1, 0.15) is 5.75 Å². The molecule has 0 saturated heterocycles. The van der Waals surface area contributed by atoms with Gasteiger partial charge in [0.15, 0.2) is 23.6 Å². The Balaban J connectivity index is 1.65. The number of rotatable bonds is 5. The predicted molar refractivity (Wildman–Crippen MR) is 96.9 cm³/mol. The van der Waals surface area contributed by atoms with E-state index in [0.717, 1.165) is 23.3 Å². The molecule has 0 radical (unpaired) electrons. The van der Waals surface area contributed by atoms with E-state index in [0.29, 0.717) is 5.75 Å². The average molecular weight is 371 g/mol. The van der Waals surface area contributed by atoms with Gasteiger partial charge in [0.25, 0.3) is 5.91 Å². The molecule has 0 aliphatic heterocycles. The van der Waals surface area contributed by atoms with E-state index in [2.05, 4.69) is 5.32 Å². The van der Waals surface area contributed by atoms with Crippen LogP contribution in [-0.2, 0) is 4.79 Å². The second-order valence-corrected chi connectivity index (χ2v) is 5.86. The highest BCUT2D eigenvalue weighted by atomic mass is 19.2. The molecule has 3 nitrogen and oxygen atoms in total. The van der Waals surface area contributed by atoms with Crippen LogP contribution < -0.4 is 10.1 Å². The summed E-state index contributed by atoms with van der Waals surface area (Å²) < 4.78 is 45.4. The number of nitrogens with one attached hydrogen (secondary N) is 1. The van der Waals surface area contributed by atoms with Gasteiger partial charge in [-0.25, -0.2) is 13.2 Å². The molecule has 0 fully saturated rings. The fourth-order valence-electron chi connectivity index (χ4n) is 2.47. The van der Waals surface area contributed by atoms with Gasteiger partial charge < -0.3 is 10.1 Å². The van der Waals surface area contributed by atoms with Crippen LogP contribution in [0.2, 0.25) is 0 Å². The number of benzene rings is 3. The van der Waals surface area contributed by atoms with Crippen molar-refractivity contribution in [2.24, 2.45) is 0 Å². The lowest BCUT2D eigenvalue weighted by Crippen LogP contribution is -2.30. The molecular weight excluding hydrogens is 355 g/mol. The van der Waals surface area contributed by atoms with Crippen molar-refractivity contribution in [2.45, 2.75) is 13.0 Å². The van der Waals surface area contributed by atoms with Crippen LogP contribution in [0.3, 0.4) is 0 Å². The van der Waals surface area contributed by atoms with E-state index in [-0.39, 0.29) is 0 Å². The summed E-state index contributed by atoms with van der Waals surface area (Å²) in [6.07, 6.45) is -0.972. The second-order valence-electron chi connectivity index (χ2n) is 5.86. The first-order valence-corrected chi connectivity index (χ1v) is 8.22. The maximum atomic E-state index is 13.6. The first-order valence-electron chi connectivity index (χ1n) is 8.22. The van der Waals surface area contributed by atoms with Crippen LogP contribution in [0.25, 0.3) is 11.1 Å². The van der Waals surface area contributed by atoms with Crippen molar-refractivity contribution in [3.63, 3.8) is 0 Å². The Hall–Kier alpha value is -3.28. The highest BCUT2D eigenvalue weighted by Gasteiger charge is 2.19. The van der Waals surface area contributed by atoms with Gasteiger partial charge in [-0.2, -0.15) is 0 Å². The van der Waals surface area contributed by atoms with Crippen molar-refractivity contribution in [3.8, 4) is 16.9 Å². The fourth-order valence-corrected chi connectivity index (χ4v) is 2.47. The van der Waals surface area contributed by atoms with Crippen molar-refractivity contribution in [1.82, 2.24) is 0 Å². The maximum Gasteiger partial charge on any atom is 0.265 e. The first kappa shape index (κ1) is 18.5. The van der Waals surface area contributed by atoms with Crippen LogP contribution in [0.1, 0.15) is 6.92 Å². The fraction of sp³-hybridized carbons (Fsp3) is 0.0952. The molecule has 0 spiro atoms. The largest absolute Gasteiger partial charge is 0.481 e. The zero-order valence-corrected chi connectivity index (χ0v) is 14.4. The molecule has 6 heteroatoms. The van der Waals surface area contributed by atoms with Gasteiger partial charge >= 0.3 is 0 Å². The molecule has 3 aromatic rings. The summed E-state index contributed by atoms with van der Waals surface area (Å²) in [5, 5.41) is 2.19. The van der Waals surface area contributed by atoms with Crippen molar-refractivity contribution in [1.29, 1.82) is 0 Å². The molecule has 0 heterocycles. The second kappa shape index (κ2) is 7.95. The van der Waals surface area contributed by atoms with E-state index in [1.54, 1.807) is 12.1 Å². The lowest BCUT2D eigenvalue weighted by molar-refractivity contribution is -0.122. The smallest absolute Gasteiger partial charge is 0.265 e. The Morgan fingerprint density at radius 2 is 1.48 bits per heavy atom. The van der Waals surface area contributed by atoms with Crippen LogP contribution >= 0.6 is 0 Å². The van der Waals surface area contributed by atoms with E-state index in [1.807, 2.05) is 42.5 Å². The molecule has 1 unspecified atom stereocenters. The summed E-state index contributed by atoms with van der Waals surface area (Å²) in [4.78, 5) is 12.1. The summed E-state index contributed by atoms with van der Waals surface area (Å²) in [7, 11) is 0. The molecule has 0 bridgehead atoms. The lowest BCUT2D eigenvalue weighted by atomic mass is 10.1. The Morgan fingerprint density at radius 1 is 0.852 bits per heavy atom. The van der Waals surface area contributed by atoms with E-state index < -0.39 is 35.2 Å². The van der Waals surface area contributed by atoms with Crippen molar-refractivity contribution < 1.29 is 22.7 Å². The molecule has 3 rings (SSSR count). The van der Waals surface area contributed by atoms with Gasteiger partial charge in [0, 0.05) is 0 Å². The normalized spacial score (nSPS) is 11.7. The Morgan fingerprint density at radius 3 is 2.15 bits per heavy atom. The van der Waals surface area contributed by atoms with Crippen molar-refractivity contribution in [2.75, 3.05) is 5.32 Å². The van der Waals surface area contributed by atoms with Gasteiger partial charge in [0.05, 0.1) is 5.69 Å². The Labute approximate surface area is 154 Å². The number of carbonyl (C=O) groups excluding carboxylic acids is 1.